The smallest absolute Gasteiger partial charge is 0.131 e. The Balaban J connectivity index is 2.92. The molecule has 1 atom stereocenters. The van der Waals surface area contributed by atoms with Gasteiger partial charge in [-0.05, 0) is 25.0 Å². The molecule has 0 aromatic carbocycles. The van der Waals surface area contributed by atoms with E-state index >= 15 is 0 Å². The Bertz CT molecular complexity index is 398. The fourth-order valence-electron chi connectivity index (χ4n) is 1.55. The van der Waals surface area contributed by atoms with Crippen molar-refractivity contribution >= 4 is 21.7 Å². The van der Waals surface area contributed by atoms with Gasteiger partial charge in [-0.1, -0.05) is 22.0 Å². The molecule has 1 unspecified atom stereocenters. The predicted octanol–water partition coefficient (Wildman–Crippen LogP) is 3.02. The third kappa shape index (κ3) is 2.96. The summed E-state index contributed by atoms with van der Waals surface area (Å²) in [6.45, 7) is 4.08. The number of halogens is 1. The molecule has 0 fully saturated rings. The second kappa shape index (κ2) is 5.86. The van der Waals surface area contributed by atoms with Crippen LogP contribution < -0.4 is 4.90 Å². The topological polar surface area (TPSA) is 39.9 Å². The van der Waals surface area contributed by atoms with Crippen molar-refractivity contribution in [2.75, 3.05) is 11.9 Å². The van der Waals surface area contributed by atoms with Crippen molar-refractivity contribution in [2.24, 2.45) is 0 Å². The van der Waals surface area contributed by atoms with Gasteiger partial charge >= 0.3 is 0 Å². The van der Waals surface area contributed by atoms with E-state index in [1.807, 2.05) is 27.1 Å². The molecule has 0 saturated carbocycles. The van der Waals surface area contributed by atoms with Gasteiger partial charge in [0, 0.05) is 24.6 Å². The molecular formula is C12H16BrN3. The zero-order valence-corrected chi connectivity index (χ0v) is 11.5. The minimum atomic E-state index is 0.186. The fourth-order valence-corrected chi connectivity index (χ4v) is 1.85. The number of nitriles is 1. The Hall–Kier alpha value is -1.08. The number of alkyl halides is 1. The SMILES string of the molecule is Cc1cc(CBr)cnc1N(C)C(C)CC#N. The summed E-state index contributed by atoms with van der Waals surface area (Å²) in [7, 11) is 1.98. The zero-order valence-electron chi connectivity index (χ0n) is 9.87. The van der Waals surface area contributed by atoms with Crippen LogP contribution in [-0.2, 0) is 5.33 Å². The van der Waals surface area contributed by atoms with E-state index in [1.165, 1.54) is 5.56 Å². The average Bonchev–Trinajstić information content (AvgIpc) is 2.28. The second-order valence-electron chi connectivity index (χ2n) is 3.94. The van der Waals surface area contributed by atoms with Crippen molar-refractivity contribution in [3.8, 4) is 6.07 Å². The van der Waals surface area contributed by atoms with E-state index < -0.39 is 0 Å². The van der Waals surface area contributed by atoms with E-state index in [9.17, 15) is 0 Å². The van der Waals surface area contributed by atoms with Crippen LogP contribution in [0.25, 0.3) is 0 Å². The quantitative estimate of drug-likeness (QED) is 0.797. The van der Waals surface area contributed by atoms with Crippen LogP contribution in [-0.4, -0.2) is 18.1 Å². The van der Waals surface area contributed by atoms with E-state index in [4.69, 9.17) is 5.26 Å². The van der Waals surface area contributed by atoms with Gasteiger partial charge in [-0.3, -0.25) is 0 Å². The molecule has 1 heterocycles. The van der Waals surface area contributed by atoms with E-state index in [0.717, 1.165) is 16.7 Å². The third-order valence-corrected chi connectivity index (χ3v) is 3.29. The number of rotatable bonds is 4. The van der Waals surface area contributed by atoms with Crippen LogP contribution >= 0.6 is 15.9 Å². The summed E-state index contributed by atoms with van der Waals surface area (Å²) >= 11 is 3.41. The van der Waals surface area contributed by atoms with Crippen LogP contribution in [0.1, 0.15) is 24.5 Å². The first-order valence-electron chi connectivity index (χ1n) is 5.21. The summed E-state index contributed by atoms with van der Waals surface area (Å²) < 4.78 is 0. The highest BCUT2D eigenvalue weighted by molar-refractivity contribution is 9.08. The van der Waals surface area contributed by atoms with Crippen LogP contribution in [0, 0.1) is 18.3 Å². The molecule has 0 spiro atoms. The number of anilines is 1. The van der Waals surface area contributed by atoms with Crippen LogP contribution in [0.2, 0.25) is 0 Å². The maximum atomic E-state index is 8.68. The van der Waals surface area contributed by atoms with Crippen LogP contribution in [0.15, 0.2) is 12.3 Å². The number of hydrogen-bond donors (Lipinski definition) is 0. The highest BCUT2D eigenvalue weighted by atomic mass is 79.9. The number of pyridine rings is 1. The molecule has 0 amide bonds. The van der Waals surface area contributed by atoms with Crippen LogP contribution in [0.5, 0.6) is 0 Å². The summed E-state index contributed by atoms with van der Waals surface area (Å²) in [4.78, 5) is 6.49. The Morgan fingerprint density at radius 1 is 1.62 bits per heavy atom. The molecule has 0 saturated heterocycles. The third-order valence-electron chi connectivity index (χ3n) is 2.64. The van der Waals surface area contributed by atoms with Gasteiger partial charge in [-0.25, -0.2) is 4.98 Å². The molecule has 16 heavy (non-hydrogen) atoms. The molecule has 0 aliphatic carbocycles. The Labute approximate surface area is 105 Å². The number of hydrogen-bond acceptors (Lipinski definition) is 3. The van der Waals surface area contributed by atoms with E-state index in [1.54, 1.807) is 0 Å². The highest BCUT2D eigenvalue weighted by Crippen LogP contribution is 2.20. The number of aromatic nitrogens is 1. The van der Waals surface area contributed by atoms with Gasteiger partial charge in [0.05, 0.1) is 12.5 Å². The Kier molecular flexibility index (Phi) is 4.75. The molecule has 0 N–H and O–H groups in total. The van der Waals surface area contributed by atoms with Crippen molar-refractivity contribution in [1.82, 2.24) is 4.98 Å². The summed E-state index contributed by atoms with van der Waals surface area (Å²) in [6, 6.07) is 4.49. The molecule has 1 aromatic heterocycles. The average molecular weight is 282 g/mol. The molecule has 4 heteroatoms. The molecule has 0 bridgehead atoms. The minimum Gasteiger partial charge on any atom is -0.356 e. The molecule has 86 valence electrons. The van der Waals surface area contributed by atoms with Crippen molar-refractivity contribution in [1.29, 1.82) is 5.26 Å². The van der Waals surface area contributed by atoms with Gasteiger partial charge in [0.1, 0.15) is 5.82 Å². The van der Waals surface area contributed by atoms with E-state index in [2.05, 4.69) is 37.9 Å². The maximum Gasteiger partial charge on any atom is 0.131 e. The van der Waals surface area contributed by atoms with Crippen LogP contribution in [0.3, 0.4) is 0 Å². The van der Waals surface area contributed by atoms with Gasteiger partial charge < -0.3 is 4.90 Å². The standard InChI is InChI=1S/C12H16BrN3/c1-9-6-11(7-13)8-15-12(9)16(3)10(2)4-5-14/h6,8,10H,4,7H2,1-3H3. The van der Waals surface area contributed by atoms with Crippen molar-refractivity contribution in [3.05, 3.63) is 23.4 Å². The molecule has 0 aliphatic heterocycles. The first kappa shape index (κ1) is 13.0. The van der Waals surface area contributed by atoms with Gasteiger partial charge in [-0.15, -0.1) is 0 Å². The number of nitrogens with zero attached hydrogens (tertiary/aromatic N) is 3. The van der Waals surface area contributed by atoms with Crippen LogP contribution in [0.4, 0.5) is 5.82 Å². The van der Waals surface area contributed by atoms with Crippen molar-refractivity contribution in [3.63, 3.8) is 0 Å². The van der Waals surface area contributed by atoms with Gasteiger partial charge in [0.25, 0.3) is 0 Å². The van der Waals surface area contributed by atoms with E-state index in [0.29, 0.717) is 6.42 Å². The van der Waals surface area contributed by atoms with Crippen molar-refractivity contribution in [2.45, 2.75) is 31.6 Å². The highest BCUT2D eigenvalue weighted by Gasteiger charge is 2.13. The summed E-state index contributed by atoms with van der Waals surface area (Å²) in [5, 5.41) is 9.50. The zero-order chi connectivity index (χ0) is 12.1. The van der Waals surface area contributed by atoms with E-state index in [-0.39, 0.29) is 6.04 Å². The molecule has 1 rings (SSSR count). The lowest BCUT2D eigenvalue weighted by Gasteiger charge is -2.25. The van der Waals surface area contributed by atoms with Gasteiger partial charge in [0.15, 0.2) is 0 Å². The lowest BCUT2D eigenvalue weighted by atomic mass is 10.1. The number of aryl methyl sites for hydroxylation is 1. The molecule has 0 radical (unpaired) electrons. The molecule has 0 aliphatic rings. The molecule has 1 aromatic rings. The molecule has 3 nitrogen and oxygen atoms in total. The predicted molar refractivity (Wildman–Crippen MR) is 69.7 cm³/mol. The monoisotopic (exact) mass is 281 g/mol. The lowest BCUT2D eigenvalue weighted by molar-refractivity contribution is 0.691. The van der Waals surface area contributed by atoms with Gasteiger partial charge in [-0.2, -0.15) is 5.26 Å². The molecular weight excluding hydrogens is 266 g/mol. The summed E-state index contributed by atoms with van der Waals surface area (Å²) in [5.41, 5.74) is 2.31. The first-order valence-corrected chi connectivity index (χ1v) is 6.33. The first-order chi connectivity index (χ1) is 7.60. The second-order valence-corrected chi connectivity index (χ2v) is 4.50. The minimum absolute atomic E-state index is 0.186. The lowest BCUT2D eigenvalue weighted by Crippen LogP contribution is -2.29. The fraction of sp³-hybridized carbons (Fsp3) is 0.500. The summed E-state index contributed by atoms with van der Waals surface area (Å²) in [6.07, 6.45) is 2.38. The Morgan fingerprint density at radius 3 is 2.81 bits per heavy atom. The normalized spacial score (nSPS) is 11.9. The summed E-state index contributed by atoms with van der Waals surface area (Å²) in [5.74, 6) is 0.951. The Morgan fingerprint density at radius 2 is 2.31 bits per heavy atom. The maximum absolute atomic E-state index is 8.68. The van der Waals surface area contributed by atoms with Gasteiger partial charge in [0.2, 0.25) is 0 Å². The van der Waals surface area contributed by atoms with Crippen molar-refractivity contribution < 1.29 is 0 Å². The largest absolute Gasteiger partial charge is 0.356 e.